The van der Waals surface area contributed by atoms with Crippen LogP contribution in [0.1, 0.15) is 18.1 Å². The number of carbonyl (C=O) groups excluding carboxylic acids is 1. The van der Waals surface area contributed by atoms with E-state index in [1.165, 1.54) is 11.1 Å². The van der Waals surface area contributed by atoms with Gasteiger partial charge in [-0.1, -0.05) is 47.8 Å². The van der Waals surface area contributed by atoms with Gasteiger partial charge in [-0.25, -0.2) is 0 Å². The third-order valence-electron chi connectivity index (χ3n) is 3.23. The smallest absolute Gasteiger partial charge is 0.235 e. The first-order chi connectivity index (χ1) is 9.58. The van der Waals surface area contributed by atoms with Gasteiger partial charge in [0, 0.05) is 19.3 Å². The van der Waals surface area contributed by atoms with Crippen LogP contribution in [0.15, 0.2) is 29.3 Å². The van der Waals surface area contributed by atoms with Gasteiger partial charge in [0.2, 0.25) is 5.91 Å². The van der Waals surface area contributed by atoms with Crippen molar-refractivity contribution >= 4 is 33.8 Å². The van der Waals surface area contributed by atoms with Crippen LogP contribution in [0.3, 0.4) is 0 Å². The molecule has 0 saturated heterocycles. The molecule has 0 spiro atoms. The van der Waals surface area contributed by atoms with Crippen molar-refractivity contribution in [2.45, 2.75) is 25.6 Å². The molecule has 0 bridgehead atoms. The first kappa shape index (κ1) is 15.4. The zero-order valence-electron chi connectivity index (χ0n) is 12.1. The quantitative estimate of drug-likeness (QED) is 0.856. The number of hydrogen-bond acceptors (Lipinski definition) is 4. The Kier molecular flexibility index (Phi) is 5.54. The van der Waals surface area contributed by atoms with Crippen molar-refractivity contribution in [2.24, 2.45) is 4.99 Å². The minimum absolute atomic E-state index is 0.0756. The molecule has 1 aliphatic heterocycles. The van der Waals surface area contributed by atoms with E-state index in [0.717, 1.165) is 16.7 Å². The van der Waals surface area contributed by atoms with E-state index in [2.05, 4.69) is 24.0 Å². The summed E-state index contributed by atoms with van der Waals surface area (Å²) >= 11 is 3.33. The molecule has 1 amide bonds. The topological polar surface area (TPSA) is 32.7 Å². The van der Waals surface area contributed by atoms with E-state index < -0.39 is 0 Å². The highest BCUT2D eigenvalue weighted by Gasteiger charge is 2.22. The van der Waals surface area contributed by atoms with E-state index in [0.29, 0.717) is 6.54 Å². The molecular weight excluding hydrogens is 288 g/mol. The normalized spacial score (nSPS) is 15.8. The summed E-state index contributed by atoms with van der Waals surface area (Å²) in [7, 11) is 1.87. The predicted molar refractivity (Wildman–Crippen MR) is 89.5 cm³/mol. The summed E-state index contributed by atoms with van der Waals surface area (Å²) in [6, 6.07) is 8.20. The second-order valence-corrected chi connectivity index (χ2v) is 7.55. The van der Waals surface area contributed by atoms with Crippen molar-refractivity contribution < 1.29 is 4.79 Å². The minimum Gasteiger partial charge on any atom is -0.340 e. The lowest BCUT2D eigenvalue weighted by molar-refractivity contribution is -0.129. The van der Waals surface area contributed by atoms with Crippen LogP contribution in [-0.2, 0) is 11.3 Å². The van der Waals surface area contributed by atoms with Crippen LogP contribution in [-0.4, -0.2) is 39.8 Å². The fraction of sp³-hybridized carbons (Fsp3) is 0.467. The van der Waals surface area contributed by atoms with Gasteiger partial charge in [-0.3, -0.25) is 9.79 Å². The molecule has 1 aromatic rings. The first-order valence-corrected chi connectivity index (χ1v) is 8.58. The zero-order chi connectivity index (χ0) is 14.5. The number of hydrogen-bond donors (Lipinski definition) is 0. The van der Waals surface area contributed by atoms with E-state index in [1.54, 1.807) is 28.4 Å². The molecule has 0 aromatic heterocycles. The molecule has 1 aliphatic rings. The number of thioether (sulfide) groups is 2. The van der Waals surface area contributed by atoms with Crippen molar-refractivity contribution in [3.8, 4) is 0 Å². The van der Waals surface area contributed by atoms with E-state index in [4.69, 9.17) is 0 Å². The molecule has 0 fully saturated rings. The van der Waals surface area contributed by atoms with Crippen LogP contribution in [0.5, 0.6) is 0 Å². The van der Waals surface area contributed by atoms with Crippen LogP contribution in [0.25, 0.3) is 0 Å². The second-order valence-electron chi connectivity index (χ2n) is 4.88. The molecule has 1 atom stereocenters. The maximum atomic E-state index is 12.4. The number of aliphatic imine (C=N–C) groups is 1. The Morgan fingerprint density at radius 2 is 2.25 bits per heavy atom. The Labute approximate surface area is 129 Å². The van der Waals surface area contributed by atoms with Crippen LogP contribution < -0.4 is 0 Å². The largest absolute Gasteiger partial charge is 0.340 e. The van der Waals surface area contributed by atoms with Crippen molar-refractivity contribution in [2.75, 3.05) is 19.3 Å². The summed E-state index contributed by atoms with van der Waals surface area (Å²) in [5.41, 5.74) is 2.43. The fourth-order valence-corrected chi connectivity index (χ4v) is 4.26. The lowest BCUT2D eigenvalue weighted by Crippen LogP contribution is -2.33. The molecular formula is C15H20N2OS2. The molecule has 1 unspecified atom stereocenters. The summed E-state index contributed by atoms with van der Waals surface area (Å²) < 4.78 is 1.05. The maximum absolute atomic E-state index is 12.4. The molecule has 3 nitrogen and oxygen atoms in total. The van der Waals surface area contributed by atoms with Gasteiger partial charge in [-0.15, -0.1) is 0 Å². The number of aryl methyl sites for hydroxylation is 1. The molecule has 0 N–H and O–H groups in total. The van der Waals surface area contributed by atoms with E-state index >= 15 is 0 Å². The monoisotopic (exact) mass is 308 g/mol. The SMILES string of the molecule is Cc1ccccc1CN(C)C(=O)C(C)SC1=NCCS1. The number of benzene rings is 1. The van der Waals surface area contributed by atoms with Crippen LogP contribution in [0, 0.1) is 6.92 Å². The van der Waals surface area contributed by atoms with Gasteiger partial charge in [-0.2, -0.15) is 0 Å². The Morgan fingerprint density at radius 3 is 2.90 bits per heavy atom. The number of nitrogens with zero attached hydrogens (tertiary/aromatic N) is 2. The average molecular weight is 308 g/mol. The Balaban J connectivity index is 1.92. The lowest BCUT2D eigenvalue weighted by Gasteiger charge is -2.22. The second kappa shape index (κ2) is 7.18. The van der Waals surface area contributed by atoms with Crippen molar-refractivity contribution in [3.05, 3.63) is 35.4 Å². The van der Waals surface area contributed by atoms with Gasteiger partial charge in [-0.05, 0) is 25.0 Å². The van der Waals surface area contributed by atoms with Crippen molar-refractivity contribution in [1.29, 1.82) is 0 Å². The predicted octanol–water partition coefficient (Wildman–Crippen LogP) is 3.18. The maximum Gasteiger partial charge on any atom is 0.235 e. The molecule has 1 aromatic carbocycles. The number of rotatable bonds is 4. The molecule has 0 aliphatic carbocycles. The third-order valence-corrected chi connectivity index (χ3v) is 5.52. The zero-order valence-corrected chi connectivity index (χ0v) is 13.8. The summed E-state index contributed by atoms with van der Waals surface area (Å²) in [5.74, 6) is 1.20. The minimum atomic E-state index is -0.0756. The summed E-state index contributed by atoms with van der Waals surface area (Å²) in [5, 5.41) is -0.0756. The summed E-state index contributed by atoms with van der Waals surface area (Å²) in [4.78, 5) is 18.6. The van der Waals surface area contributed by atoms with E-state index in [-0.39, 0.29) is 11.2 Å². The number of carbonyl (C=O) groups is 1. The highest BCUT2D eigenvalue weighted by molar-refractivity contribution is 8.39. The molecule has 5 heteroatoms. The number of amides is 1. The lowest BCUT2D eigenvalue weighted by atomic mass is 10.1. The van der Waals surface area contributed by atoms with Crippen molar-refractivity contribution in [1.82, 2.24) is 4.90 Å². The Hall–Kier alpha value is -0.940. The Bertz CT molecular complexity index is 516. The van der Waals surface area contributed by atoms with Crippen LogP contribution >= 0.6 is 23.5 Å². The molecule has 0 radical (unpaired) electrons. The van der Waals surface area contributed by atoms with Gasteiger partial charge >= 0.3 is 0 Å². The molecule has 20 heavy (non-hydrogen) atoms. The van der Waals surface area contributed by atoms with Crippen LogP contribution in [0.4, 0.5) is 0 Å². The van der Waals surface area contributed by atoms with E-state index in [1.807, 2.05) is 26.1 Å². The first-order valence-electron chi connectivity index (χ1n) is 6.71. The highest BCUT2D eigenvalue weighted by Crippen LogP contribution is 2.26. The molecule has 1 heterocycles. The van der Waals surface area contributed by atoms with Gasteiger partial charge in [0.15, 0.2) is 0 Å². The molecule has 108 valence electrons. The summed E-state index contributed by atoms with van der Waals surface area (Å²) in [6.07, 6.45) is 0. The fourth-order valence-electron chi connectivity index (χ4n) is 2.02. The van der Waals surface area contributed by atoms with Gasteiger partial charge in [0.25, 0.3) is 0 Å². The standard InChI is InChI=1S/C15H20N2OS2/c1-11-6-4-5-7-13(11)10-17(3)14(18)12(2)20-15-16-8-9-19-15/h4-7,12H,8-10H2,1-3H3. The van der Waals surface area contributed by atoms with E-state index in [9.17, 15) is 4.79 Å². The summed E-state index contributed by atoms with van der Waals surface area (Å²) in [6.45, 7) is 5.58. The molecule has 0 saturated carbocycles. The van der Waals surface area contributed by atoms with Gasteiger partial charge in [0.05, 0.1) is 11.8 Å². The van der Waals surface area contributed by atoms with Gasteiger partial charge < -0.3 is 4.90 Å². The third kappa shape index (κ3) is 4.03. The average Bonchev–Trinajstić information content (AvgIpc) is 2.93. The highest BCUT2D eigenvalue weighted by atomic mass is 32.2. The van der Waals surface area contributed by atoms with Crippen molar-refractivity contribution in [3.63, 3.8) is 0 Å². The Morgan fingerprint density at radius 1 is 1.50 bits per heavy atom. The van der Waals surface area contributed by atoms with Crippen LogP contribution in [0.2, 0.25) is 0 Å². The van der Waals surface area contributed by atoms with Gasteiger partial charge in [0.1, 0.15) is 4.38 Å². The molecule has 2 rings (SSSR count).